The number of amides is 2. The van der Waals surface area contributed by atoms with Gasteiger partial charge in [-0.05, 0) is 83.9 Å². The topological polar surface area (TPSA) is 224 Å². The second kappa shape index (κ2) is 15.8. The van der Waals surface area contributed by atoms with Crippen LogP contribution in [0.5, 0.6) is 0 Å². The number of hydrogen-bond donors (Lipinski definition) is 5. The van der Waals surface area contributed by atoms with Crippen molar-refractivity contribution < 1.29 is 33.0 Å². The van der Waals surface area contributed by atoms with Crippen LogP contribution in [0, 0.1) is 11.6 Å². The van der Waals surface area contributed by atoms with Crippen LogP contribution in [-0.2, 0) is 18.8 Å². The van der Waals surface area contributed by atoms with Gasteiger partial charge in [-0.1, -0.05) is 0 Å². The highest BCUT2D eigenvalue weighted by Crippen LogP contribution is 2.30. The fourth-order valence-electron chi connectivity index (χ4n) is 6.66. The number of aromatic carboxylic acids is 1. The van der Waals surface area contributed by atoms with E-state index >= 15 is 0 Å². The summed E-state index contributed by atoms with van der Waals surface area (Å²) in [6.45, 7) is 9.69. The number of nitrogens with zero attached hydrogens (tertiary/aromatic N) is 8. The van der Waals surface area contributed by atoms with Crippen LogP contribution in [0.15, 0.2) is 61.2 Å². The molecule has 0 aliphatic carbocycles. The summed E-state index contributed by atoms with van der Waals surface area (Å²) in [6.07, 6.45) is 6.83. The number of aryl methyl sites for hydroxylation is 2. The molecule has 17 nitrogen and oxygen atoms in total. The van der Waals surface area contributed by atoms with E-state index in [0.717, 1.165) is 10.8 Å². The number of ether oxygens (including phenoxy) is 1. The summed E-state index contributed by atoms with van der Waals surface area (Å²) in [7, 11) is 3.44. The summed E-state index contributed by atoms with van der Waals surface area (Å²) in [6, 6.07) is 8.80. The summed E-state index contributed by atoms with van der Waals surface area (Å²) in [5, 5.41) is 25.3. The molecule has 0 saturated carbocycles. The van der Waals surface area contributed by atoms with E-state index in [9.17, 15) is 28.3 Å². The zero-order valence-corrected chi connectivity index (χ0v) is 33.8. The molecule has 0 spiro atoms. The SMILES string of the molecule is Cn1nc(-c2cnc3[nH]cc(C(=O)NC(C)(C)CCCNC(=O)OC(C)(C)C)c3n2)c2ccc(F)cc21.Cn1nc(-c2cnc3[nH]cc(C(=O)O)c3n2)c2ccc(F)cc21. The first-order chi connectivity index (χ1) is 28.4. The first-order valence-corrected chi connectivity index (χ1v) is 18.8. The largest absolute Gasteiger partial charge is 0.478 e. The molecule has 2 amide bonds. The molecule has 0 unspecified atom stereocenters. The van der Waals surface area contributed by atoms with Gasteiger partial charge < -0.3 is 30.4 Å². The van der Waals surface area contributed by atoms with Crippen molar-refractivity contribution in [3.05, 3.63) is 83.9 Å². The zero-order chi connectivity index (χ0) is 43.1. The lowest BCUT2D eigenvalue weighted by Gasteiger charge is -2.26. The van der Waals surface area contributed by atoms with E-state index in [1.165, 1.54) is 36.7 Å². The van der Waals surface area contributed by atoms with Gasteiger partial charge in [-0.25, -0.2) is 38.3 Å². The van der Waals surface area contributed by atoms with Gasteiger partial charge in [0.15, 0.2) is 11.3 Å². The maximum Gasteiger partial charge on any atom is 0.407 e. The number of fused-ring (bicyclic) bond motifs is 4. The van der Waals surface area contributed by atoms with E-state index in [4.69, 9.17) is 4.74 Å². The maximum atomic E-state index is 13.7. The lowest BCUT2D eigenvalue weighted by atomic mass is 9.98. The van der Waals surface area contributed by atoms with Gasteiger partial charge in [-0.15, -0.1) is 0 Å². The van der Waals surface area contributed by atoms with Crippen molar-refractivity contribution in [2.45, 2.75) is 58.6 Å². The van der Waals surface area contributed by atoms with Crippen LogP contribution < -0.4 is 10.6 Å². The number of halogens is 2. The number of benzene rings is 2. The Morgan fingerprint density at radius 3 is 1.78 bits per heavy atom. The van der Waals surface area contributed by atoms with Crippen LogP contribution in [0.1, 0.15) is 68.2 Å². The molecule has 60 heavy (non-hydrogen) atoms. The second-order valence-electron chi connectivity index (χ2n) is 15.8. The van der Waals surface area contributed by atoms with Gasteiger partial charge in [-0.3, -0.25) is 14.2 Å². The van der Waals surface area contributed by atoms with Crippen LogP contribution in [0.3, 0.4) is 0 Å². The Labute approximate surface area is 340 Å². The standard InChI is InChI=1S/C26H32FN7O3.C15H10FN5O2/c1-25(2,3)37-24(36)28-11-7-10-26(4,5)32-23(35)17-13-29-22-21(17)31-18(14-30-22)20-16-9-8-15(27)12-19(16)34(6)33-20;1-21-11-4-7(16)2-3-8(11)12(20-21)10-6-18-14-13(19-10)9(5-17-14)15(22)23/h8-9,12-14H,7,10-11H2,1-6H3,(H,28,36)(H,29,30)(H,32,35);2-6H,1H3,(H,17,18)(H,22,23). The van der Waals surface area contributed by atoms with Gasteiger partial charge in [-0.2, -0.15) is 10.2 Å². The Kier molecular flexibility index (Phi) is 10.8. The third-order valence-electron chi connectivity index (χ3n) is 9.45. The summed E-state index contributed by atoms with van der Waals surface area (Å²) < 4.78 is 35.5. The van der Waals surface area contributed by atoms with E-state index in [2.05, 4.69) is 50.7 Å². The van der Waals surface area contributed by atoms with Crippen LogP contribution >= 0.6 is 0 Å². The summed E-state index contributed by atoms with van der Waals surface area (Å²) in [5.41, 5.74) is 4.07. The molecule has 310 valence electrons. The molecule has 5 N–H and O–H groups in total. The Hall–Kier alpha value is -7.31. The number of aromatic nitrogens is 10. The molecule has 19 heteroatoms. The molecule has 2 aromatic carbocycles. The third-order valence-corrected chi connectivity index (χ3v) is 9.45. The van der Waals surface area contributed by atoms with Gasteiger partial charge in [0.25, 0.3) is 5.91 Å². The van der Waals surface area contributed by atoms with Crippen LogP contribution in [-0.4, -0.2) is 90.2 Å². The maximum absolute atomic E-state index is 13.7. The van der Waals surface area contributed by atoms with Gasteiger partial charge >= 0.3 is 12.1 Å². The fraction of sp³-hybridized carbons (Fsp3) is 0.293. The van der Waals surface area contributed by atoms with E-state index in [1.54, 1.807) is 48.0 Å². The molecule has 0 aliphatic heterocycles. The van der Waals surface area contributed by atoms with Crippen molar-refractivity contribution in [1.82, 2.24) is 60.1 Å². The van der Waals surface area contributed by atoms with Gasteiger partial charge in [0.05, 0.1) is 29.0 Å². The molecular formula is C41H42F2N12O5. The fourth-order valence-corrected chi connectivity index (χ4v) is 6.66. The average molecular weight is 821 g/mol. The molecule has 0 fully saturated rings. The highest BCUT2D eigenvalue weighted by molar-refractivity contribution is 6.05. The first kappa shape index (κ1) is 40.9. The smallest absolute Gasteiger partial charge is 0.407 e. The van der Waals surface area contributed by atoms with Crippen LogP contribution in [0.2, 0.25) is 0 Å². The lowest BCUT2D eigenvalue weighted by molar-refractivity contribution is 0.0524. The quantitative estimate of drug-likeness (QED) is 0.0951. The Bertz CT molecular complexity index is 2940. The molecule has 8 aromatic rings. The summed E-state index contributed by atoms with van der Waals surface area (Å²) >= 11 is 0. The van der Waals surface area contributed by atoms with Crippen molar-refractivity contribution in [3.63, 3.8) is 0 Å². The lowest BCUT2D eigenvalue weighted by Crippen LogP contribution is -2.44. The van der Waals surface area contributed by atoms with E-state index in [0.29, 0.717) is 75.6 Å². The Morgan fingerprint density at radius 2 is 1.28 bits per heavy atom. The molecule has 0 saturated heterocycles. The molecule has 6 heterocycles. The Balaban J connectivity index is 0.000000201. The number of carbonyl (C=O) groups is 3. The number of nitrogens with one attached hydrogen (secondary N) is 4. The summed E-state index contributed by atoms with van der Waals surface area (Å²) in [4.78, 5) is 59.7. The van der Waals surface area contributed by atoms with E-state index in [-0.39, 0.29) is 28.6 Å². The Morgan fingerprint density at radius 1 is 0.783 bits per heavy atom. The molecule has 6 aromatic heterocycles. The predicted octanol–water partition coefficient (Wildman–Crippen LogP) is 6.81. The van der Waals surface area contributed by atoms with Gasteiger partial charge in [0.1, 0.15) is 56.6 Å². The second-order valence-corrected chi connectivity index (χ2v) is 15.8. The normalized spacial score (nSPS) is 11.9. The third kappa shape index (κ3) is 8.59. The van der Waals surface area contributed by atoms with Crippen molar-refractivity contribution >= 4 is 62.1 Å². The van der Waals surface area contributed by atoms with Crippen molar-refractivity contribution in [3.8, 4) is 22.8 Å². The average Bonchev–Trinajstić information content (AvgIpc) is 3.95. The summed E-state index contributed by atoms with van der Waals surface area (Å²) in [5.74, 6) is -2.09. The van der Waals surface area contributed by atoms with E-state index in [1.807, 2.05) is 34.6 Å². The van der Waals surface area contributed by atoms with Crippen LogP contribution in [0.25, 0.3) is 66.9 Å². The molecule has 0 bridgehead atoms. The number of aromatic amines is 2. The molecule has 0 aliphatic rings. The number of carbonyl (C=O) groups excluding carboxylic acids is 2. The number of hydrogen-bond acceptors (Lipinski definition) is 10. The minimum absolute atomic E-state index is 0.0423. The minimum Gasteiger partial charge on any atom is -0.478 e. The highest BCUT2D eigenvalue weighted by Gasteiger charge is 2.25. The van der Waals surface area contributed by atoms with Crippen molar-refractivity contribution in [1.29, 1.82) is 0 Å². The van der Waals surface area contributed by atoms with Crippen LogP contribution in [0.4, 0.5) is 13.6 Å². The monoisotopic (exact) mass is 820 g/mol. The number of rotatable bonds is 9. The van der Waals surface area contributed by atoms with Crippen molar-refractivity contribution in [2.24, 2.45) is 14.1 Å². The molecular weight excluding hydrogens is 779 g/mol. The predicted molar refractivity (Wildman–Crippen MR) is 219 cm³/mol. The number of carboxylic acid groups (broad SMARTS) is 1. The first-order valence-electron chi connectivity index (χ1n) is 18.8. The molecule has 8 rings (SSSR count). The van der Waals surface area contributed by atoms with Gasteiger partial charge in [0.2, 0.25) is 0 Å². The number of carboxylic acids is 1. The van der Waals surface area contributed by atoms with E-state index < -0.39 is 23.2 Å². The zero-order valence-electron chi connectivity index (χ0n) is 33.8. The van der Waals surface area contributed by atoms with Gasteiger partial charge in [0, 0.05) is 49.3 Å². The molecule has 0 atom stereocenters. The minimum atomic E-state index is -1.09. The van der Waals surface area contributed by atoms with Crippen molar-refractivity contribution in [2.75, 3.05) is 6.54 Å². The molecule has 0 radical (unpaired) electrons. The number of H-pyrrole nitrogens is 2. The number of alkyl carbamates (subject to hydrolysis) is 1. The highest BCUT2D eigenvalue weighted by atomic mass is 19.1.